The first-order valence-electron chi connectivity index (χ1n) is 7.17. The molecule has 1 aliphatic rings. The zero-order valence-corrected chi connectivity index (χ0v) is 12.2. The number of hydrogen-bond acceptors (Lipinski definition) is 3. The summed E-state index contributed by atoms with van der Waals surface area (Å²) >= 11 is 0. The molecule has 1 aliphatic heterocycles. The van der Waals surface area contributed by atoms with Gasteiger partial charge >= 0.3 is 0 Å². The molecule has 106 valence electrons. The summed E-state index contributed by atoms with van der Waals surface area (Å²) in [4.78, 5) is 24.3. The molecule has 0 bridgehead atoms. The molecule has 1 amide bonds. The highest BCUT2D eigenvalue weighted by molar-refractivity contribution is 5.81. The smallest absolute Gasteiger partial charge is 0.224 e. The van der Waals surface area contributed by atoms with Gasteiger partial charge in [-0.1, -0.05) is 13.8 Å². The van der Waals surface area contributed by atoms with Crippen LogP contribution in [-0.2, 0) is 17.6 Å². The summed E-state index contributed by atoms with van der Waals surface area (Å²) in [5.41, 5.74) is 3.70. The van der Waals surface area contributed by atoms with Crippen molar-refractivity contribution in [3.8, 4) is 0 Å². The summed E-state index contributed by atoms with van der Waals surface area (Å²) < 4.78 is 0. The summed E-state index contributed by atoms with van der Waals surface area (Å²) in [5, 5.41) is 3.12. The number of imidazole rings is 1. The molecule has 3 rings (SSSR count). The molecule has 2 aromatic heterocycles. The van der Waals surface area contributed by atoms with Crippen LogP contribution in [0.25, 0.3) is 11.2 Å². The van der Waals surface area contributed by atoms with E-state index in [1.54, 1.807) is 0 Å². The van der Waals surface area contributed by atoms with Crippen molar-refractivity contribution >= 4 is 17.1 Å². The molecule has 3 heterocycles. The van der Waals surface area contributed by atoms with Crippen LogP contribution in [0.15, 0.2) is 6.07 Å². The number of aryl methyl sites for hydroxylation is 2. The van der Waals surface area contributed by atoms with E-state index in [1.165, 1.54) is 0 Å². The van der Waals surface area contributed by atoms with E-state index in [-0.39, 0.29) is 11.9 Å². The standard InChI is InChI=1S/C15H20N4O/c1-8(2)11-4-5-12-10(7-14(20)18-11)6-13-15(19-12)17-9(3)16-13/h6,8,11H,4-5,7H2,1-3H3,(H,18,20)(H,16,17,19). The lowest BCUT2D eigenvalue weighted by molar-refractivity contribution is -0.121. The maximum absolute atomic E-state index is 12.1. The number of aromatic nitrogens is 3. The number of carbonyl (C=O) groups is 1. The number of nitrogens with one attached hydrogen (secondary N) is 2. The van der Waals surface area contributed by atoms with E-state index in [0.717, 1.165) is 41.1 Å². The average molecular weight is 272 g/mol. The van der Waals surface area contributed by atoms with Gasteiger partial charge < -0.3 is 10.3 Å². The third kappa shape index (κ3) is 2.40. The van der Waals surface area contributed by atoms with Crippen LogP contribution >= 0.6 is 0 Å². The molecule has 1 unspecified atom stereocenters. The molecule has 0 aliphatic carbocycles. The Hall–Kier alpha value is -1.91. The fourth-order valence-electron chi connectivity index (χ4n) is 2.81. The Bertz CT molecular complexity index is 659. The Morgan fingerprint density at radius 3 is 2.90 bits per heavy atom. The molecule has 0 radical (unpaired) electrons. The van der Waals surface area contributed by atoms with Gasteiger partial charge in [-0.15, -0.1) is 0 Å². The van der Waals surface area contributed by atoms with E-state index in [1.807, 2.05) is 13.0 Å². The third-order valence-corrected chi connectivity index (χ3v) is 3.95. The largest absolute Gasteiger partial charge is 0.353 e. The summed E-state index contributed by atoms with van der Waals surface area (Å²) in [6, 6.07) is 2.25. The Morgan fingerprint density at radius 1 is 1.35 bits per heavy atom. The Labute approximate surface area is 118 Å². The molecule has 0 saturated carbocycles. The Kier molecular flexibility index (Phi) is 3.20. The van der Waals surface area contributed by atoms with E-state index in [9.17, 15) is 4.79 Å². The third-order valence-electron chi connectivity index (χ3n) is 3.95. The van der Waals surface area contributed by atoms with E-state index >= 15 is 0 Å². The van der Waals surface area contributed by atoms with Crippen LogP contribution in [-0.4, -0.2) is 26.9 Å². The summed E-state index contributed by atoms with van der Waals surface area (Å²) in [6.07, 6.45) is 2.22. The molecule has 2 aromatic rings. The van der Waals surface area contributed by atoms with Gasteiger partial charge in [0.05, 0.1) is 11.9 Å². The number of rotatable bonds is 1. The predicted octanol–water partition coefficient (Wildman–Crippen LogP) is 1.90. The quantitative estimate of drug-likeness (QED) is 0.833. The van der Waals surface area contributed by atoms with Gasteiger partial charge in [-0.2, -0.15) is 0 Å². The van der Waals surface area contributed by atoms with Crippen molar-refractivity contribution in [2.75, 3.05) is 0 Å². The summed E-state index contributed by atoms with van der Waals surface area (Å²) in [5.74, 6) is 1.38. The number of aromatic amines is 1. The van der Waals surface area contributed by atoms with Crippen molar-refractivity contribution < 1.29 is 4.79 Å². The number of pyridine rings is 1. The highest BCUT2D eigenvalue weighted by Gasteiger charge is 2.22. The molecule has 0 fully saturated rings. The second-order valence-corrected chi connectivity index (χ2v) is 5.92. The summed E-state index contributed by atoms with van der Waals surface area (Å²) in [7, 11) is 0. The number of carbonyl (C=O) groups excluding carboxylic acids is 1. The van der Waals surface area contributed by atoms with Crippen LogP contribution in [0.1, 0.15) is 37.4 Å². The first-order chi connectivity index (χ1) is 9.52. The molecule has 1 atom stereocenters. The van der Waals surface area contributed by atoms with Crippen molar-refractivity contribution in [3.05, 3.63) is 23.1 Å². The first-order valence-corrected chi connectivity index (χ1v) is 7.17. The number of H-pyrrole nitrogens is 1. The first kappa shape index (κ1) is 13.1. The molecule has 0 spiro atoms. The van der Waals surface area contributed by atoms with E-state index in [0.29, 0.717) is 12.3 Å². The topological polar surface area (TPSA) is 70.7 Å². The molecule has 0 aromatic carbocycles. The van der Waals surface area contributed by atoms with Crippen LogP contribution in [0, 0.1) is 12.8 Å². The molecular weight excluding hydrogens is 252 g/mol. The van der Waals surface area contributed by atoms with Crippen LogP contribution in [0.4, 0.5) is 0 Å². The summed E-state index contributed by atoms with van der Waals surface area (Å²) in [6.45, 7) is 6.20. The maximum atomic E-state index is 12.1. The molecular formula is C15H20N4O. The lowest BCUT2D eigenvalue weighted by Gasteiger charge is -2.25. The number of amides is 1. The van der Waals surface area contributed by atoms with Crippen molar-refractivity contribution in [3.63, 3.8) is 0 Å². The Morgan fingerprint density at radius 2 is 2.15 bits per heavy atom. The normalized spacial score (nSPS) is 19.6. The lowest BCUT2D eigenvalue weighted by Crippen LogP contribution is -2.41. The van der Waals surface area contributed by atoms with Gasteiger partial charge in [-0.05, 0) is 37.3 Å². The number of hydrogen-bond donors (Lipinski definition) is 2. The van der Waals surface area contributed by atoms with Crippen molar-refractivity contribution in [2.24, 2.45) is 5.92 Å². The predicted molar refractivity (Wildman–Crippen MR) is 77.4 cm³/mol. The average Bonchev–Trinajstić information content (AvgIpc) is 2.70. The monoisotopic (exact) mass is 272 g/mol. The molecule has 5 nitrogen and oxygen atoms in total. The molecule has 5 heteroatoms. The van der Waals surface area contributed by atoms with Crippen LogP contribution in [0.5, 0.6) is 0 Å². The van der Waals surface area contributed by atoms with Gasteiger partial charge in [-0.25, -0.2) is 9.97 Å². The minimum Gasteiger partial charge on any atom is -0.353 e. The van der Waals surface area contributed by atoms with Gasteiger partial charge in [-0.3, -0.25) is 4.79 Å². The number of nitrogens with zero attached hydrogens (tertiary/aromatic N) is 2. The van der Waals surface area contributed by atoms with Crippen molar-refractivity contribution in [1.29, 1.82) is 0 Å². The van der Waals surface area contributed by atoms with Gasteiger partial charge in [0.1, 0.15) is 5.82 Å². The van der Waals surface area contributed by atoms with Crippen LogP contribution < -0.4 is 5.32 Å². The van der Waals surface area contributed by atoms with Crippen molar-refractivity contribution in [1.82, 2.24) is 20.3 Å². The van der Waals surface area contributed by atoms with E-state index in [4.69, 9.17) is 0 Å². The van der Waals surface area contributed by atoms with Crippen LogP contribution in [0.3, 0.4) is 0 Å². The highest BCUT2D eigenvalue weighted by Crippen LogP contribution is 2.21. The second kappa shape index (κ2) is 4.89. The minimum atomic E-state index is 0.0852. The number of fused-ring (bicyclic) bond motifs is 2. The zero-order chi connectivity index (χ0) is 14.3. The highest BCUT2D eigenvalue weighted by atomic mass is 16.1. The molecule has 2 N–H and O–H groups in total. The van der Waals surface area contributed by atoms with E-state index < -0.39 is 0 Å². The zero-order valence-electron chi connectivity index (χ0n) is 12.2. The fraction of sp³-hybridized carbons (Fsp3) is 0.533. The van der Waals surface area contributed by atoms with Gasteiger partial charge in [0.25, 0.3) is 0 Å². The SMILES string of the molecule is Cc1nc2nc3c(cc2[nH]1)CC(=O)NC(C(C)C)CC3. The fourth-order valence-corrected chi connectivity index (χ4v) is 2.81. The minimum absolute atomic E-state index is 0.0852. The Balaban J connectivity index is 2.00. The van der Waals surface area contributed by atoms with Gasteiger partial charge in [0.2, 0.25) is 5.91 Å². The van der Waals surface area contributed by atoms with E-state index in [2.05, 4.69) is 34.1 Å². The lowest BCUT2D eigenvalue weighted by atomic mass is 9.94. The van der Waals surface area contributed by atoms with Crippen LogP contribution in [0.2, 0.25) is 0 Å². The maximum Gasteiger partial charge on any atom is 0.224 e. The van der Waals surface area contributed by atoms with Gasteiger partial charge in [0, 0.05) is 11.7 Å². The second-order valence-electron chi connectivity index (χ2n) is 5.92. The van der Waals surface area contributed by atoms with Crippen molar-refractivity contribution in [2.45, 2.75) is 46.1 Å². The molecule has 20 heavy (non-hydrogen) atoms. The van der Waals surface area contributed by atoms with Gasteiger partial charge in [0.15, 0.2) is 5.65 Å². The molecule has 0 saturated heterocycles.